The minimum atomic E-state index is -0.376. The van der Waals surface area contributed by atoms with Gasteiger partial charge in [0.25, 0.3) is 0 Å². The number of anilines is 3. The highest BCUT2D eigenvalue weighted by atomic mass is 16.3. The van der Waals surface area contributed by atoms with Gasteiger partial charge in [-0.1, -0.05) is 24.3 Å². The first-order chi connectivity index (χ1) is 17.0. The number of urea groups is 1. The van der Waals surface area contributed by atoms with Gasteiger partial charge in [0.05, 0.1) is 11.4 Å². The summed E-state index contributed by atoms with van der Waals surface area (Å²) in [5.74, 6) is 0.278. The van der Waals surface area contributed by atoms with Crippen molar-refractivity contribution in [3.05, 3.63) is 60.2 Å². The van der Waals surface area contributed by atoms with E-state index in [1.807, 2.05) is 36.4 Å². The summed E-state index contributed by atoms with van der Waals surface area (Å²) in [4.78, 5) is 29.8. The molecule has 3 heterocycles. The number of hydrogen-bond donors (Lipinski definition) is 3. The Balaban J connectivity index is 1.24. The van der Waals surface area contributed by atoms with E-state index in [-0.39, 0.29) is 17.7 Å². The Morgan fingerprint density at radius 1 is 0.943 bits per heavy atom. The van der Waals surface area contributed by atoms with Crippen LogP contribution >= 0.6 is 0 Å². The predicted octanol–water partition coefficient (Wildman–Crippen LogP) is 2.20. The molecule has 0 bridgehead atoms. The lowest BCUT2D eigenvalue weighted by molar-refractivity contribution is -0.120. The summed E-state index contributed by atoms with van der Waals surface area (Å²) in [7, 11) is 0. The van der Waals surface area contributed by atoms with E-state index in [4.69, 9.17) is 5.73 Å². The van der Waals surface area contributed by atoms with Crippen molar-refractivity contribution in [1.82, 2.24) is 20.4 Å². The van der Waals surface area contributed by atoms with E-state index in [2.05, 4.69) is 25.3 Å². The first kappa shape index (κ1) is 22.6. The zero-order chi connectivity index (χ0) is 24.4. The molecule has 0 spiro atoms. The van der Waals surface area contributed by atoms with E-state index in [0.717, 1.165) is 49.7 Å². The third kappa shape index (κ3) is 4.87. The molecule has 180 valence electrons. The summed E-state index contributed by atoms with van der Waals surface area (Å²) in [5.41, 5.74) is 10.1. The number of carbonyl (C=O) groups excluding carboxylic acids is 2. The molecule has 0 atom stereocenters. The summed E-state index contributed by atoms with van der Waals surface area (Å²) in [6.45, 7) is 4.34. The molecule has 0 saturated carbocycles. The molecule has 10 nitrogen and oxygen atoms in total. The van der Waals surface area contributed by atoms with Crippen LogP contribution in [0.1, 0.15) is 12.0 Å². The summed E-state index contributed by atoms with van der Waals surface area (Å²) in [6.07, 6.45) is 0.302. The van der Waals surface area contributed by atoms with Crippen LogP contribution in [-0.4, -0.2) is 64.9 Å². The van der Waals surface area contributed by atoms with Gasteiger partial charge in [0.2, 0.25) is 5.91 Å². The fourth-order valence-corrected chi connectivity index (χ4v) is 4.50. The average molecular weight is 474 g/mol. The lowest BCUT2D eigenvalue weighted by atomic mass is 10.1. The van der Waals surface area contributed by atoms with E-state index >= 15 is 0 Å². The maximum Gasteiger partial charge on any atom is 0.328 e. The molecule has 1 aromatic heterocycles. The maximum absolute atomic E-state index is 12.2. The van der Waals surface area contributed by atoms with Crippen molar-refractivity contribution in [3.63, 3.8) is 0 Å². The summed E-state index contributed by atoms with van der Waals surface area (Å²) in [6, 6.07) is 16.4. The zero-order valence-corrected chi connectivity index (χ0v) is 19.2. The van der Waals surface area contributed by atoms with Gasteiger partial charge in [0, 0.05) is 56.9 Å². The number of aromatic hydroxyl groups is 1. The molecule has 2 aliphatic rings. The highest BCUT2D eigenvalue weighted by Crippen LogP contribution is 2.31. The van der Waals surface area contributed by atoms with Gasteiger partial charge in [-0.15, -0.1) is 10.2 Å². The van der Waals surface area contributed by atoms with Crippen molar-refractivity contribution in [1.29, 1.82) is 0 Å². The van der Waals surface area contributed by atoms with Crippen LogP contribution in [0, 0.1) is 0 Å². The third-order valence-corrected chi connectivity index (χ3v) is 6.38. The van der Waals surface area contributed by atoms with Crippen molar-refractivity contribution >= 4 is 29.1 Å². The number of nitrogens with zero attached hydrogens (tertiary/aromatic N) is 5. The number of aromatic nitrogens is 2. The number of amides is 3. The maximum atomic E-state index is 12.2. The average Bonchev–Trinajstić information content (AvgIpc) is 2.86. The molecule has 0 radical (unpaired) electrons. The Bertz CT molecular complexity index is 1260. The van der Waals surface area contributed by atoms with Gasteiger partial charge in [-0.25, -0.2) is 4.79 Å². The fraction of sp³-hybridized carbons (Fsp3) is 0.280. The van der Waals surface area contributed by atoms with Crippen LogP contribution in [0.25, 0.3) is 11.3 Å². The molecule has 4 N–H and O–H groups in total. The van der Waals surface area contributed by atoms with Crippen LogP contribution in [0.15, 0.2) is 54.6 Å². The van der Waals surface area contributed by atoms with Gasteiger partial charge >= 0.3 is 6.03 Å². The normalized spacial score (nSPS) is 16.9. The van der Waals surface area contributed by atoms with Crippen LogP contribution in [0.4, 0.5) is 22.0 Å². The number of phenols is 1. The molecule has 10 heteroatoms. The molecule has 3 aromatic rings. The van der Waals surface area contributed by atoms with Crippen LogP contribution in [0.5, 0.6) is 5.75 Å². The number of carbonyl (C=O) groups is 2. The number of nitrogen functional groups attached to an aromatic ring is 1. The van der Waals surface area contributed by atoms with E-state index in [1.54, 1.807) is 23.1 Å². The van der Waals surface area contributed by atoms with E-state index in [1.165, 1.54) is 0 Å². The van der Waals surface area contributed by atoms with E-state index in [0.29, 0.717) is 30.0 Å². The smallest absolute Gasteiger partial charge is 0.328 e. The molecule has 3 amide bonds. The lowest BCUT2D eigenvalue weighted by Crippen LogP contribution is -2.49. The van der Waals surface area contributed by atoms with Gasteiger partial charge in [0.15, 0.2) is 5.82 Å². The van der Waals surface area contributed by atoms with Gasteiger partial charge < -0.3 is 15.7 Å². The Kier molecular flexibility index (Phi) is 6.19. The van der Waals surface area contributed by atoms with Gasteiger partial charge in [0.1, 0.15) is 5.75 Å². The van der Waals surface area contributed by atoms with Crippen LogP contribution in [0.3, 0.4) is 0 Å². The molecule has 0 unspecified atom stereocenters. The number of nitrogens with two attached hydrogens (primary N) is 1. The number of imide groups is 1. The largest absolute Gasteiger partial charge is 0.507 e. The summed E-state index contributed by atoms with van der Waals surface area (Å²) in [5, 5.41) is 20.8. The van der Waals surface area contributed by atoms with Crippen molar-refractivity contribution in [2.24, 2.45) is 0 Å². The van der Waals surface area contributed by atoms with Crippen molar-refractivity contribution < 1.29 is 14.7 Å². The van der Waals surface area contributed by atoms with Crippen molar-refractivity contribution in [3.8, 4) is 17.0 Å². The van der Waals surface area contributed by atoms with Crippen molar-refractivity contribution in [2.45, 2.75) is 13.0 Å². The Morgan fingerprint density at radius 3 is 2.51 bits per heavy atom. The Morgan fingerprint density at radius 2 is 1.74 bits per heavy atom. The number of rotatable bonds is 5. The molecule has 0 aliphatic carbocycles. The third-order valence-electron chi connectivity index (χ3n) is 6.38. The second-order valence-corrected chi connectivity index (χ2v) is 8.71. The lowest BCUT2D eigenvalue weighted by Gasteiger charge is -2.36. The van der Waals surface area contributed by atoms with Gasteiger partial charge in [-0.05, 0) is 35.9 Å². The number of para-hydroxylation sites is 1. The Hall–Kier alpha value is -4.18. The van der Waals surface area contributed by atoms with Gasteiger partial charge in [-0.3, -0.25) is 19.9 Å². The number of benzene rings is 2. The monoisotopic (exact) mass is 473 g/mol. The van der Waals surface area contributed by atoms with Crippen LogP contribution < -0.4 is 20.9 Å². The summed E-state index contributed by atoms with van der Waals surface area (Å²) >= 11 is 0. The fourth-order valence-electron chi connectivity index (χ4n) is 4.50. The van der Waals surface area contributed by atoms with Crippen molar-refractivity contribution in [2.75, 3.05) is 48.3 Å². The molecule has 35 heavy (non-hydrogen) atoms. The minimum absolute atomic E-state index is 0.151. The second kappa shape index (κ2) is 9.59. The molecule has 2 aromatic carbocycles. The second-order valence-electron chi connectivity index (χ2n) is 8.71. The van der Waals surface area contributed by atoms with Gasteiger partial charge in [-0.2, -0.15) is 0 Å². The number of phenolic OH excluding ortho intramolecular Hbond substituents is 1. The molecule has 2 aliphatic heterocycles. The summed E-state index contributed by atoms with van der Waals surface area (Å²) < 4.78 is 0. The first-order valence-electron chi connectivity index (χ1n) is 11.6. The number of piperazine rings is 1. The first-order valence-corrected chi connectivity index (χ1v) is 11.6. The van der Waals surface area contributed by atoms with Crippen LogP contribution in [-0.2, 0) is 11.3 Å². The predicted molar refractivity (Wildman–Crippen MR) is 133 cm³/mol. The quantitative estimate of drug-likeness (QED) is 0.515. The molecular weight excluding hydrogens is 446 g/mol. The zero-order valence-electron chi connectivity index (χ0n) is 19.2. The number of nitrogens with one attached hydrogen (secondary N) is 1. The minimum Gasteiger partial charge on any atom is -0.507 e. The standard InChI is InChI=1S/C25H27N7O3/c26-24-21(15-20(28-29-24)19-6-1-2-7-22(19)33)31-12-10-30(11-13-31)16-17-4-3-5-18(14-17)32-9-8-23(34)27-25(32)35/h1-7,14-15,33H,8-13,16H2,(H2,26,29)(H,27,34,35). The molecule has 2 fully saturated rings. The molecule has 2 saturated heterocycles. The highest BCUT2D eigenvalue weighted by Gasteiger charge is 2.25. The van der Waals surface area contributed by atoms with Crippen LogP contribution in [0.2, 0.25) is 0 Å². The highest BCUT2D eigenvalue weighted by molar-refractivity contribution is 6.05. The van der Waals surface area contributed by atoms with E-state index in [9.17, 15) is 14.7 Å². The molecular formula is C25H27N7O3. The Labute approximate surface area is 203 Å². The molecule has 5 rings (SSSR count). The topological polar surface area (TPSA) is 128 Å². The SMILES string of the molecule is Nc1nnc(-c2ccccc2O)cc1N1CCN(Cc2cccc(N3CCC(=O)NC3=O)c2)CC1. The number of hydrogen-bond acceptors (Lipinski definition) is 8. The van der Waals surface area contributed by atoms with E-state index < -0.39 is 0 Å².